The first-order chi connectivity index (χ1) is 14.7. The van der Waals surface area contributed by atoms with E-state index in [1.165, 1.54) is 5.57 Å². The number of nitrogens with one attached hydrogen (secondary N) is 1. The minimum atomic E-state index is -0.179. The molecule has 7 nitrogen and oxygen atoms in total. The molecule has 0 fully saturated rings. The van der Waals surface area contributed by atoms with Crippen LogP contribution >= 0.6 is 0 Å². The first-order valence-corrected chi connectivity index (χ1v) is 9.75. The monoisotopic (exact) mass is 397 g/mol. The third-order valence-corrected chi connectivity index (χ3v) is 5.52. The average molecular weight is 397 g/mol. The normalized spacial score (nSPS) is 14.0. The van der Waals surface area contributed by atoms with Crippen LogP contribution in [0.25, 0.3) is 22.5 Å². The molecule has 4 aromatic heterocycles. The van der Waals surface area contributed by atoms with E-state index in [1.54, 1.807) is 35.0 Å². The van der Waals surface area contributed by atoms with Crippen molar-refractivity contribution >= 4 is 22.5 Å². The third kappa shape index (κ3) is 2.81. The maximum atomic E-state index is 13.2. The van der Waals surface area contributed by atoms with Crippen molar-refractivity contribution in [2.45, 2.75) is 13.3 Å². The molecular weight excluding hydrogens is 378 g/mol. The summed E-state index contributed by atoms with van der Waals surface area (Å²) >= 11 is 0. The Kier molecular flexibility index (Phi) is 4.25. The van der Waals surface area contributed by atoms with Crippen molar-refractivity contribution in [1.82, 2.24) is 19.4 Å². The zero-order valence-electron chi connectivity index (χ0n) is 16.4. The molecule has 30 heavy (non-hydrogen) atoms. The number of nitriles is 1. The number of furan rings is 1. The van der Waals surface area contributed by atoms with Crippen LogP contribution in [0.4, 0.5) is 0 Å². The van der Waals surface area contributed by atoms with Gasteiger partial charge < -0.3 is 14.3 Å². The molecule has 4 aromatic rings. The summed E-state index contributed by atoms with van der Waals surface area (Å²) in [6.45, 7) is 2.78. The topological polar surface area (TPSA) is 90.9 Å². The SMILES string of the molecule is Cc1oc(-n2cccc2)c(C#N)c1C(=O)N1CC=C(c2c[nH]c3ncccc23)CC1. The quantitative estimate of drug-likeness (QED) is 0.564. The molecule has 0 aliphatic carbocycles. The highest BCUT2D eigenvalue weighted by Gasteiger charge is 2.29. The van der Waals surface area contributed by atoms with Crippen LogP contribution in [0.3, 0.4) is 0 Å². The second kappa shape index (κ2) is 7.08. The molecule has 5 heterocycles. The Bertz CT molecular complexity index is 1320. The van der Waals surface area contributed by atoms with E-state index in [9.17, 15) is 10.1 Å². The summed E-state index contributed by atoms with van der Waals surface area (Å²) in [5, 5.41) is 10.8. The molecule has 0 unspecified atom stereocenters. The van der Waals surface area contributed by atoms with Crippen LogP contribution < -0.4 is 0 Å². The van der Waals surface area contributed by atoms with Gasteiger partial charge >= 0.3 is 0 Å². The molecule has 0 aromatic carbocycles. The smallest absolute Gasteiger partial charge is 0.259 e. The summed E-state index contributed by atoms with van der Waals surface area (Å²) in [4.78, 5) is 22.5. The van der Waals surface area contributed by atoms with Crippen molar-refractivity contribution in [3.63, 3.8) is 0 Å². The highest BCUT2D eigenvalue weighted by Crippen LogP contribution is 2.31. The molecule has 1 N–H and O–H groups in total. The number of aryl methyl sites for hydroxylation is 1. The van der Waals surface area contributed by atoms with Gasteiger partial charge in [0.15, 0.2) is 0 Å². The molecule has 0 spiro atoms. The highest BCUT2D eigenvalue weighted by molar-refractivity contribution is 5.99. The van der Waals surface area contributed by atoms with Crippen LogP contribution in [-0.4, -0.2) is 38.4 Å². The molecule has 0 saturated heterocycles. The lowest BCUT2D eigenvalue weighted by Gasteiger charge is -2.26. The Labute approximate surface area is 172 Å². The van der Waals surface area contributed by atoms with Crippen LogP contribution in [-0.2, 0) is 0 Å². The third-order valence-electron chi connectivity index (χ3n) is 5.52. The first kappa shape index (κ1) is 18.0. The van der Waals surface area contributed by atoms with Crippen molar-refractivity contribution in [3.8, 4) is 12.0 Å². The van der Waals surface area contributed by atoms with Gasteiger partial charge in [0.2, 0.25) is 5.88 Å². The van der Waals surface area contributed by atoms with Gasteiger partial charge in [0.25, 0.3) is 5.91 Å². The fraction of sp³-hybridized carbons (Fsp3) is 0.174. The van der Waals surface area contributed by atoms with E-state index >= 15 is 0 Å². The van der Waals surface area contributed by atoms with Gasteiger partial charge in [-0.15, -0.1) is 0 Å². The Morgan fingerprint density at radius 2 is 2.13 bits per heavy atom. The molecule has 1 aliphatic rings. The summed E-state index contributed by atoms with van der Waals surface area (Å²) < 4.78 is 7.50. The van der Waals surface area contributed by atoms with Gasteiger partial charge in [-0.2, -0.15) is 5.26 Å². The maximum Gasteiger partial charge on any atom is 0.259 e. The number of hydrogen-bond acceptors (Lipinski definition) is 4. The lowest BCUT2D eigenvalue weighted by atomic mass is 9.99. The van der Waals surface area contributed by atoms with E-state index in [-0.39, 0.29) is 11.5 Å². The van der Waals surface area contributed by atoms with E-state index in [4.69, 9.17) is 4.42 Å². The number of amides is 1. The maximum absolute atomic E-state index is 13.2. The van der Waals surface area contributed by atoms with Crippen molar-refractivity contribution in [2.75, 3.05) is 13.1 Å². The van der Waals surface area contributed by atoms with E-state index < -0.39 is 0 Å². The van der Waals surface area contributed by atoms with Crippen molar-refractivity contribution < 1.29 is 9.21 Å². The van der Waals surface area contributed by atoms with Gasteiger partial charge in [-0.1, -0.05) is 6.08 Å². The minimum Gasteiger partial charge on any atom is -0.443 e. The summed E-state index contributed by atoms with van der Waals surface area (Å²) in [7, 11) is 0. The summed E-state index contributed by atoms with van der Waals surface area (Å²) in [5.74, 6) is 0.655. The fourth-order valence-electron chi connectivity index (χ4n) is 4.02. The number of carbonyl (C=O) groups excluding carboxylic acids is 1. The van der Waals surface area contributed by atoms with E-state index in [2.05, 4.69) is 22.1 Å². The van der Waals surface area contributed by atoms with Gasteiger partial charge in [-0.05, 0) is 43.2 Å². The molecule has 0 bridgehead atoms. The second-order valence-corrected chi connectivity index (χ2v) is 7.25. The van der Waals surface area contributed by atoms with E-state index in [0.29, 0.717) is 30.3 Å². The summed E-state index contributed by atoms with van der Waals surface area (Å²) in [6, 6.07) is 9.81. The van der Waals surface area contributed by atoms with Gasteiger partial charge in [0, 0.05) is 48.8 Å². The Morgan fingerprint density at radius 1 is 1.30 bits per heavy atom. The molecule has 7 heteroatoms. The van der Waals surface area contributed by atoms with Crippen molar-refractivity contribution in [1.29, 1.82) is 5.26 Å². The molecular formula is C23H19N5O2. The zero-order chi connectivity index (χ0) is 20.7. The number of pyridine rings is 1. The molecule has 1 aliphatic heterocycles. The van der Waals surface area contributed by atoms with Crippen LogP contribution in [0.15, 0.2) is 59.5 Å². The predicted molar refractivity (Wildman–Crippen MR) is 112 cm³/mol. The zero-order valence-corrected chi connectivity index (χ0v) is 16.4. The number of aromatic amines is 1. The van der Waals surface area contributed by atoms with Crippen LogP contribution in [0.5, 0.6) is 0 Å². The van der Waals surface area contributed by atoms with Crippen molar-refractivity contribution in [2.24, 2.45) is 0 Å². The van der Waals surface area contributed by atoms with E-state index in [1.807, 2.05) is 30.5 Å². The highest BCUT2D eigenvalue weighted by atomic mass is 16.4. The Morgan fingerprint density at radius 3 is 2.87 bits per heavy atom. The minimum absolute atomic E-state index is 0.179. The fourth-order valence-corrected chi connectivity index (χ4v) is 4.02. The number of rotatable bonds is 3. The van der Waals surface area contributed by atoms with Gasteiger partial charge in [0.1, 0.15) is 28.6 Å². The molecule has 148 valence electrons. The molecule has 1 amide bonds. The molecule has 0 radical (unpaired) electrons. The number of H-pyrrole nitrogens is 1. The first-order valence-electron chi connectivity index (χ1n) is 9.75. The lowest BCUT2D eigenvalue weighted by Crippen LogP contribution is -2.35. The number of aromatic nitrogens is 3. The van der Waals surface area contributed by atoms with Crippen LogP contribution in [0, 0.1) is 18.3 Å². The van der Waals surface area contributed by atoms with E-state index in [0.717, 1.165) is 23.0 Å². The predicted octanol–water partition coefficient (Wildman–Crippen LogP) is 4.06. The number of carbonyl (C=O) groups is 1. The molecule has 0 atom stereocenters. The second-order valence-electron chi connectivity index (χ2n) is 7.25. The summed E-state index contributed by atoms with van der Waals surface area (Å²) in [5.41, 5.74) is 3.78. The summed E-state index contributed by atoms with van der Waals surface area (Å²) in [6.07, 6.45) is 10.1. The van der Waals surface area contributed by atoms with Crippen molar-refractivity contribution in [3.05, 3.63) is 77.6 Å². The van der Waals surface area contributed by atoms with Crippen LogP contribution in [0.1, 0.15) is 33.7 Å². The standard InChI is InChI=1S/C23H19N5O2/c1-15-20(18(13-24)23(30-15)28-9-2-3-10-28)22(29)27-11-6-16(7-12-27)19-14-26-21-17(19)5-4-8-25-21/h2-6,8-10,14H,7,11-12H2,1H3,(H,25,26). The number of fused-ring (bicyclic) bond motifs is 1. The number of nitrogens with zero attached hydrogens (tertiary/aromatic N) is 4. The number of hydrogen-bond donors (Lipinski definition) is 1. The Hall–Kier alpha value is -4.05. The average Bonchev–Trinajstić information content (AvgIpc) is 3.51. The molecule has 0 saturated carbocycles. The Balaban J connectivity index is 1.43. The lowest BCUT2D eigenvalue weighted by molar-refractivity contribution is 0.0771. The largest absolute Gasteiger partial charge is 0.443 e. The van der Waals surface area contributed by atoms with Gasteiger partial charge in [-0.3, -0.25) is 9.36 Å². The van der Waals surface area contributed by atoms with Crippen LogP contribution in [0.2, 0.25) is 0 Å². The van der Waals surface area contributed by atoms with Gasteiger partial charge in [-0.25, -0.2) is 4.98 Å². The van der Waals surface area contributed by atoms with Gasteiger partial charge in [0.05, 0.1) is 0 Å². The molecule has 5 rings (SSSR count).